The molecule has 1 spiro atoms. The molecule has 0 bridgehead atoms. The molecular formula is C23H34N4O2. The van der Waals surface area contributed by atoms with E-state index in [0.29, 0.717) is 24.9 Å². The SMILES string of the molecule is CCCN1C(=O)N(CC)C2(CCN(C[C@H]3CNC[C@@H]3c3ccccc3)CC2)C1=O. The fraction of sp³-hybridized carbons (Fsp3) is 0.652. The summed E-state index contributed by atoms with van der Waals surface area (Å²) in [5, 5.41) is 3.57. The third-order valence-electron chi connectivity index (χ3n) is 7.13. The van der Waals surface area contributed by atoms with E-state index in [1.165, 1.54) is 10.5 Å². The van der Waals surface area contributed by atoms with E-state index in [1.54, 1.807) is 0 Å². The first kappa shape index (κ1) is 20.4. The number of piperidine rings is 1. The molecule has 1 N–H and O–H groups in total. The van der Waals surface area contributed by atoms with Crippen LogP contribution in [0, 0.1) is 5.92 Å². The highest BCUT2D eigenvalue weighted by atomic mass is 16.2. The highest BCUT2D eigenvalue weighted by Crippen LogP contribution is 2.38. The Bertz CT molecular complexity index is 730. The molecule has 6 heteroatoms. The van der Waals surface area contributed by atoms with Crippen LogP contribution in [0.25, 0.3) is 0 Å². The number of nitrogens with one attached hydrogen (secondary N) is 1. The van der Waals surface area contributed by atoms with Gasteiger partial charge in [0, 0.05) is 45.2 Å². The van der Waals surface area contributed by atoms with E-state index in [0.717, 1.165) is 52.0 Å². The Labute approximate surface area is 174 Å². The predicted molar refractivity (Wildman–Crippen MR) is 114 cm³/mol. The molecule has 0 radical (unpaired) electrons. The summed E-state index contributed by atoms with van der Waals surface area (Å²) < 4.78 is 0. The summed E-state index contributed by atoms with van der Waals surface area (Å²) in [6, 6.07) is 10.7. The molecule has 2 atom stereocenters. The quantitative estimate of drug-likeness (QED) is 0.748. The molecule has 0 aromatic heterocycles. The van der Waals surface area contributed by atoms with Crippen LogP contribution in [0.5, 0.6) is 0 Å². The molecule has 3 fully saturated rings. The van der Waals surface area contributed by atoms with Crippen molar-refractivity contribution in [2.75, 3.05) is 45.8 Å². The molecule has 3 aliphatic heterocycles. The minimum atomic E-state index is -0.607. The van der Waals surface area contributed by atoms with Gasteiger partial charge in [0.15, 0.2) is 0 Å². The topological polar surface area (TPSA) is 55.9 Å². The van der Waals surface area contributed by atoms with Crippen LogP contribution < -0.4 is 5.32 Å². The highest BCUT2D eigenvalue weighted by Gasteiger charge is 2.57. The van der Waals surface area contributed by atoms with Crippen molar-refractivity contribution in [3.8, 4) is 0 Å². The normalized spacial score (nSPS) is 27.4. The summed E-state index contributed by atoms with van der Waals surface area (Å²) >= 11 is 0. The van der Waals surface area contributed by atoms with Crippen molar-refractivity contribution in [2.45, 2.75) is 44.6 Å². The number of likely N-dealkylation sites (tertiary alicyclic amines) is 1. The molecule has 1 aromatic rings. The van der Waals surface area contributed by atoms with Gasteiger partial charge in [0.25, 0.3) is 5.91 Å². The summed E-state index contributed by atoms with van der Waals surface area (Å²) in [7, 11) is 0. The van der Waals surface area contributed by atoms with Crippen molar-refractivity contribution in [1.82, 2.24) is 20.0 Å². The van der Waals surface area contributed by atoms with Crippen LogP contribution >= 0.6 is 0 Å². The molecule has 4 rings (SSSR count). The first-order valence-corrected chi connectivity index (χ1v) is 11.2. The smallest absolute Gasteiger partial charge is 0.316 e. The zero-order chi connectivity index (χ0) is 20.4. The lowest BCUT2D eigenvalue weighted by molar-refractivity contribution is -0.135. The van der Waals surface area contributed by atoms with Gasteiger partial charge in [-0.2, -0.15) is 0 Å². The average molecular weight is 399 g/mol. The van der Waals surface area contributed by atoms with Crippen LogP contribution in [0.15, 0.2) is 30.3 Å². The van der Waals surface area contributed by atoms with Crippen molar-refractivity contribution < 1.29 is 9.59 Å². The number of amides is 3. The third-order valence-corrected chi connectivity index (χ3v) is 7.13. The van der Waals surface area contributed by atoms with Crippen molar-refractivity contribution in [1.29, 1.82) is 0 Å². The van der Waals surface area contributed by atoms with Crippen LogP contribution in [0.1, 0.15) is 44.6 Å². The fourth-order valence-electron chi connectivity index (χ4n) is 5.58. The van der Waals surface area contributed by atoms with Gasteiger partial charge in [-0.25, -0.2) is 4.79 Å². The van der Waals surface area contributed by atoms with E-state index in [2.05, 4.69) is 40.5 Å². The molecule has 29 heavy (non-hydrogen) atoms. The van der Waals surface area contributed by atoms with E-state index in [1.807, 2.05) is 18.7 Å². The zero-order valence-electron chi connectivity index (χ0n) is 17.8. The largest absolute Gasteiger partial charge is 0.327 e. The molecule has 3 aliphatic rings. The van der Waals surface area contributed by atoms with Crippen molar-refractivity contribution in [3.63, 3.8) is 0 Å². The first-order chi connectivity index (χ1) is 14.1. The Morgan fingerprint density at radius 2 is 1.79 bits per heavy atom. The van der Waals surface area contributed by atoms with Crippen LogP contribution in [0.3, 0.4) is 0 Å². The Balaban J connectivity index is 1.41. The number of urea groups is 1. The van der Waals surface area contributed by atoms with Gasteiger partial charge >= 0.3 is 6.03 Å². The van der Waals surface area contributed by atoms with Gasteiger partial charge in [0.1, 0.15) is 5.54 Å². The number of hydrogen-bond donors (Lipinski definition) is 1. The second-order valence-corrected chi connectivity index (χ2v) is 8.75. The van der Waals surface area contributed by atoms with Gasteiger partial charge in [-0.05, 0) is 44.2 Å². The average Bonchev–Trinajstić information content (AvgIpc) is 3.28. The minimum Gasteiger partial charge on any atom is -0.316 e. The number of imide groups is 1. The van der Waals surface area contributed by atoms with E-state index in [9.17, 15) is 9.59 Å². The first-order valence-electron chi connectivity index (χ1n) is 11.2. The number of likely N-dealkylation sites (N-methyl/N-ethyl adjacent to an activating group) is 1. The van der Waals surface area contributed by atoms with Crippen LogP contribution in [0.2, 0.25) is 0 Å². The number of carbonyl (C=O) groups is 2. The second kappa shape index (κ2) is 8.44. The van der Waals surface area contributed by atoms with Crippen LogP contribution in [-0.4, -0.2) is 78.0 Å². The summed E-state index contributed by atoms with van der Waals surface area (Å²) in [5.41, 5.74) is 0.810. The molecular weight excluding hydrogens is 364 g/mol. The Hall–Kier alpha value is -1.92. The van der Waals surface area contributed by atoms with E-state index < -0.39 is 5.54 Å². The number of hydrogen-bond acceptors (Lipinski definition) is 4. The Kier molecular flexibility index (Phi) is 5.93. The predicted octanol–water partition coefficient (Wildman–Crippen LogP) is 2.52. The maximum absolute atomic E-state index is 13.2. The molecule has 1 aromatic carbocycles. The second-order valence-electron chi connectivity index (χ2n) is 8.75. The lowest BCUT2D eigenvalue weighted by atomic mass is 9.84. The molecule has 0 saturated carbocycles. The lowest BCUT2D eigenvalue weighted by Gasteiger charge is -2.42. The molecule has 3 heterocycles. The van der Waals surface area contributed by atoms with Gasteiger partial charge in [-0.1, -0.05) is 37.3 Å². The molecule has 3 saturated heterocycles. The summed E-state index contributed by atoms with van der Waals surface area (Å²) in [5.74, 6) is 1.18. The molecule has 158 valence electrons. The summed E-state index contributed by atoms with van der Waals surface area (Å²) in [6.07, 6.45) is 2.32. The van der Waals surface area contributed by atoms with Crippen molar-refractivity contribution >= 4 is 11.9 Å². The van der Waals surface area contributed by atoms with Crippen LogP contribution in [0.4, 0.5) is 4.79 Å². The standard InChI is InChI=1S/C23H34N4O2/c1-3-12-26-21(28)23(27(4-2)22(26)29)10-13-25(14-11-23)17-19-15-24-16-20(19)18-8-6-5-7-9-18/h5-9,19-20,24H,3-4,10-17H2,1-2H3/t19-,20-/m1/s1. The lowest BCUT2D eigenvalue weighted by Crippen LogP contribution is -2.57. The molecule has 0 unspecified atom stereocenters. The maximum atomic E-state index is 13.2. The van der Waals surface area contributed by atoms with Gasteiger partial charge in [-0.3, -0.25) is 9.69 Å². The molecule has 6 nitrogen and oxygen atoms in total. The Morgan fingerprint density at radius 1 is 1.07 bits per heavy atom. The minimum absolute atomic E-state index is 0.0375. The highest BCUT2D eigenvalue weighted by molar-refractivity contribution is 6.07. The van der Waals surface area contributed by atoms with Gasteiger partial charge in [0.05, 0.1) is 0 Å². The Morgan fingerprint density at radius 3 is 2.45 bits per heavy atom. The third kappa shape index (κ3) is 3.57. The fourth-order valence-corrected chi connectivity index (χ4v) is 5.58. The zero-order valence-corrected chi connectivity index (χ0v) is 17.8. The van der Waals surface area contributed by atoms with E-state index in [4.69, 9.17) is 0 Å². The monoisotopic (exact) mass is 398 g/mol. The van der Waals surface area contributed by atoms with Gasteiger partial charge < -0.3 is 15.1 Å². The van der Waals surface area contributed by atoms with E-state index in [-0.39, 0.29) is 11.9 Å². The van der Waals surface area contributed by atoms with Crippen molar-refractivity contribution in [3.05, 3.63) is 35.9 Å². The van der Waals surface area contributed by atoms with Gasteiger partial charge in [0.2, 0.25) is 0 Å². The number of nitrogens with zero attached hydrogens (tertiary/aromatic N) is 3. The van der Waals surface area contributed by atoms with Crippen molar-refractivity contribution in [2.24, 2.45) is 5.92 Å². The van der Waals surface area contributed by atoms with Crippen LogP contribution in [-0.2, 0) is 4.79 Å². The molecule has 0 aliphatic carbocycles. The summed E-state index contributed by atoms with van der Waals surface area (Å²) in [4.78, 5) is 31.8. The summed E-state index contributed by atoms with van der Waals surface area (Å²) in [6.45, 7) is 10.0. The maximum Gasteiger partial charge on any atom is 0.327 e. The number of rotatable bonds is 6. The molecule has 3 amide bonds. The number of benzene rings is 1. The number of carbonyl (C=O) groups excluding carboxylic acids is 2. The van der Waals surface area contributed by atoms with E-state index >= 15 is 0 Å². The van der Waals surface area contributed by atoms with Gasteiger partial charge in [-0.15, -0.1) is 0 Å².